The van der Waals surface area contributed by atoms with Gasteiger partial charge in [-0.2, -0.15) is 9.97 Å². The van der Waals surface area contributed by atoms with Crippen LogP contribution in [0.15, 0.2) is 0 Å². The molecular weight excluding hydrogens is 258 g/mol. The molecule has 0 bridgehead atoms. The minimum atomic E-state index is 0.0503. The molecule has 0 amide bonds. The first-order valence-electron chi connectivity index (χ1n) is 7.21. The van der Waals surface area contributed by atoms with Gasteiger partial charge in [-0.15, -0.1) is 4.98 Å². The third-order valence-electron chi connectivity index (χ3n) is 2.77. The zero-order valence-electron chi connectivity index (χ0n) is 12.6. The smallest absolute Gasteiger partial charge is 0.324 e. The highest BCUT2D eigenvalue weighted by Gasteiger charge is 2.11. The maximum Gasteiger partial charge on any atom is 0.324 e. The van der Waals surface area contributed by atoms with Crippen LogP contribution in [0, 0.1) is 0 Å². The molecule has 1 aromatic heterocycles. The zero-order valence-corrected chi connectivity index (χ0v) is 12.6. The molecule has 114 valence electrons. The van der Waals surface area contributed by atoms with Gasteiger partial charge in [-0.3, -0.25) is 5.43 Å². The average molecular weight is 283 g/mol. The van der Waals surface area contributed by atoms with E-state index in [1.807, 2.05) is 13.8 Å². The van der Waals surface area contributed by atoms with Crippen molar-refractivity contribution < 1.29 is 9.47 Å². The number of nitrogen functional groups attached to an aromatic ring is 1. The number of nitrogens with two attached hydrogens (primary N) is 1. The van der Waals surface area contributed by atoms with E-state index in [9.17, 15) is 0 Å². The molecule has 7 nitrogen and oxygen atoms in total. The lowest BCUT2D eigenvalue weighted by atomic mass is 10.1. The monoisotopic (exact) mass is 283 g/mol. The Bertz CT molecular complexity index is 389. The molecule has 7 heteroatoms. The second kappa shape index (κ2) is 9.30. The van der Waals surface area contributed by atoms with E-state index >= 15 is 0 Å². The fourth-order valence-electron chi connectivity index (χ4n) is 1.75. The number of rotatable bonds is 10. The second-order valence-electron chi connectivity index (χ2n) is 4.58. The number of unbranched alkanes of at least 4 members (excludes halogenated alkanes) is 3. The maximum atomic E-state index is 5.69. The van der Waals surface area contributed by atoms with Gasteiger partial charge >= 0.3 is 12.0 Å². The van der Waals surface area contributed by atoms with Crippen LogP contribution in [0.2, 0.25) is 0 Å². The molecule has 0 saturated heterocycles. The van der Waals surface area contributed by atoms with Crippen LogP contribution >= 0.6 is 0 Å². The molecule has 1 aromatic rings. The summed E-state index contributed by atoms with van der Waals surface area (Å²) in [6.07, 6.45) is 5.87. The summed E-state index contributed by atoms with van der Waals surface area (Å²) in [7, 11) is 0. The second-order valence-corrected chi connectivity index (χ2v) is 4.58. The van der Waals surface area contributed by atoms with Gasteiger partial charge in [0, 0.05) is 0 Å². The van der Waals surface area contributed by atoms with Crippen LogP contribution in [0.25, 0.3) is 0 Å². The number of anilines is 1. The van der Waals surface area contributed by atoms with E-state index in [1.54, 1.807) is 0 Å². The third kappa shape index (κ3) is 6.01. The van der Waals surface area contributed by atoms with E-state index in [0.717, 1.165) is 12.8 Å². The van der Waals surface area contributed by atoms with Crippen molar-refractivity contribution in [3.8, 4) is 12.0 Å². The van der Waals surface area contributed by atoms with Gasteiger partial charge in [-0.1, -0.05) is 26.2 Å². The Labute approximate surface area is 120 Å². The first kappa shape index (κ1) is 16.4. The molecule has 0 radical (unpaired) electrons. The Morgan fingerprint density at radius 3 is 2.50 bits per heavy atom. The molecule has 0 saturated carbocycles. The van der Waals surface area contributed by atoms with Crippen LogP contribution in [-0.2, 0) is 0 Å². The van der Waals surface area contributed by atoms with Crippen molar-refractivity contribution in [2.24, 2.45) is 5.84 Å². The molecular formula is C13H25N5O2. The highest BCUT2D eigenvalue weighted by Crippen LogP contribution is 2.15. The Morgan fingerprint density at radius 2 is 1.85 bits per heavy atom. The highest BCUT2D eigenvalue weighted by atomic mass is 16.5. The number of hydrogen-bond donors (Lipinski definition) is 2. The van der Waals surface area contributed by atoms with Gasteiger partial charge in [-0.25, -0.2) is 5.84 Å². The Balaban J connectivity index is 2.54. The predicted octanol–water partition coefficient (Wildman–Crippen LogP) is 2.29. The molecule has 0 aliphatic heterocycles. The van der Waals surface area contributed by atoms with E-state index in [2.05, 4.69) is 27.3 Å². The van der Waals surface area contributed by atoms with Crippen LogP contribution in [-0.4, -0.2) is 27.7 Å². The minimum Gasteiger partial charge on any atom is -0.464 e. The largest absolute Gasteiger partial charge is 0.464 e. The van der Waals surface area contributed by atoms with E-state index in [-0.39, 0.29) is 24.1 Å². The molecule has 0 aliphatic carbocycles. The van der Waals surface area contributed by atoms with Crippen molar-refractivity contribution in [2.75, 3.05) is 12.0 Å². The van der Waals surface area contributed by atoms with Crippen molar-refractivity contribution in [3.05, 3.63) is 0 Å². The Morgan fingerprint density at radius 1 is 1.10 bits per heavy atom. The van der Waals surface area contributed by atoms with Crippen LogP contribution in [0.1, 0.15) is 52.9 Å². The number of nitrogens with zero attached hydrogens (tertiary/aromatic N) is 3. The van der Waals surface area contributed by atoms with Gasteiger partial charge in [-0.05, 0) is 26.7 Å². The molecule has 1 unspecified atom stereocenters. The lowest BCUT2D eigenvalue weighted by molar-refractivity contribution is 0.184. The molecule has 1 atom stereocenters. The lowest BCUT2D eigenvalue weighted by Gasteiger charge is -2.13. The number of hydrazine groups is 1. The first-order chi connectivity index (χ1) is 9.69. The molecule has 1 heterocycles. The first-order valence-corrected chi connectivity index (χ1v) is 7.21. The van der Waals surface area contributed by atoms with Gasteiger partial charge in [0.1, 0.15) is 0 Å². The number of nitrogens with one attached hydrogen (secondary N) is 1. The van der Waals surface area contributed by atoms with Crippen molar-refractivity contribution in [3.63, 3.8) is 0 Å². The topological polar surface area (TPSA) is 95.2 Å². The third-order valence-corrected chi connectivity index (χ3v) is 2.77. The summed E-state index contributed by atoms with van der Waals surface area (Å²) in [5, 5.41) is 0. The van der Waals surface area contributed by atoms with Crippen LogP contribution < -0.4 is 20.7 Å². The van der Waals surface area contributed by atoms with Gasteiger partial charge in [0.25, 0.3) is 0 Å². The molecule has 20 heavy (non-hydrogen) atoms. The average Bonchev–Trinajstić information content (AvgIpc) is 2.43. The van der Waals surface area contributed by atoms with Crippen molar-refractivity contribution in [1.82, 2.24) is 15.0 Å². The number of ether oxygens (including phenoxy) is 2. The number of hydrogen-bond acceptors (Lipinski definition) is 7. The standard InChI is InChI=1S/C13H25N5O2/c1-4-6-7-8-9-10(3)20-13-16-11(18-14)15-12(17-13)19-5-2/h10H,4-9,14H2,1-3H3,(H,15,16,17,18). The fraction of sp³-hybridized carbons (Fsp3) is 0.769. The normalized spacial score (nSPS) is 12.0. The summed E-state index contributed by atoms with van der Waals surface area (Å²) >= 11 is 0. The van der Waals surface area contributed by atoms with E-state index in [1.165, 1.54) is 19.3 Å². The van der Waals surface area contributed by atoms with Crippen LogP contribution in [0.3, 0.4) is 0 Å². The van der Waals surface area contributed by atoms with E-state index in [4.69, 9.17) is 15.3 Å². The quantitative estimate of drug-likeness (QED) is 0.386. The predicted molar refractivity (Wildman–Crippen MR) is 77.7 cm³/mol. The summed E-state index contributed by atoms with van der Waals surface area (Å²) < 4.78 is 10.9. The summed E-state index contributed by atoms with van der Waals surface area (Å²) in [6, 6.07) is 0.447. The summed E-state index contributed by atoms with van der Waals surface area (Å²) in [4.78, 5) is 12.1. The van der Waals surface area contributed by atoms with Crippen molar-refractivity contribution in [1.29, 1.82) is 0 Å². The molecule has 0 aromatic carbocycles. The minimum absolute atomic E-state index is 0.0503. The van der Waals surface area contributed by atoms with Gasteiger partial charge in [0.2, 0.25) is 5.95 Å². The maximum absolute atomic E-state index is 5.69. The number of aromatic nitrogens is 3. The molecule has 1 rings (SSSR count). The van der Waals surface area contributed by atoms with E-state index < -0.39 is 0 Å². The summed E-state index contributed by atoms with van der Waals surface area (Å²) in [5.74, 6) is 5.55. The summed E-state index contributed by atoms with van der Waals surface area (Å²) in [6.45, 7) is 6.53. The van der Waals surface area contributed by atoms with Gasteiger partial charge in [0.15, 0.2) is 0 Å². The fourth-order valence-corrected chi connectivity index (χ4v) is 1.75. The van der Waals surface area contributed by atoms with E-state index in [0.29, 0.717) is 6.61 Å². The molecule has 0 fully saturated rings. The highest BCUT2D eigenvalue weighted by molar-refractivity contribution is 5.25. The SMILES string of the molecule is CCCCCCC(C)Oc1nc(NN)nc(OCC)n1. The van der Waals surface area contributed by atoms with Crippen molar-refractivity contribution >= 4 is 5.95 Å². The van der Waals surface area contributed by atoms with Crippen LogP contribution in [0.4, 0.5) is 5.95 Å². The lowest BCUT2D eigenvalue weighted by Crippen LogP contribution is -2.17. The molecule has 3 N–H and O–H groups in total. The zero-order chi connectivity index (χ0) is 14.8. The summed E-state index contributed by atoms with van der Waals surface area (Å²) in [5.41, 5.74) is 2.38. The van der Waals surface area contributed by atoms with Gasteiger partial charge in [0.05, 0.1) is 12.7 Å². The Kier molecular flexibility index (Phi) is 7.64. The van der Waals surface area contributed by atoms with Gasteiger partial charge < -0.3 is 9.47 Å². The molecule has 0 spiro atoms. The molecule has 0 aliphatic rings. The van der Waals surface area contributed by atoms with Crippen molar-refractivity contribution in [2.45, 2.75) is 59.0 Å². The Hall–Kier alpha value is -1.63. The van der Waals surface area contributed by atoms with Crippen LogP contribution in [0.5, 0.6) is 12.0 Å².